The summed E-state index contributed by atoms with van der Waals surface area (Å²) in [5.41, 5.74) is -0.501. The molecule has 3 amide bonds. The van der Waals surface area contributed by atoms with Gasteiger partial charge in [0.25, 0.3) is 0 Å². The van der Waals surface area contributed by atoms with Gasteiger partial charge in [0.2, 0.25) is 17.7 Å². The van der Waals surface area contributed by atoms with Crippen LogP contribution in [-0.4, -0.2) is 93.5 Å². The van der Waals surface area contributed by atoms with Crippen LogP contribution in [-0.2, 0) is 28.7 Å². The van der Waals surface area contributed by atoms with Gasteiger partial charge < -0.3 is 29.7 Å². The highest BCUT2D eigenvalue weighted by molar-refractivity contribution is 9.09. The number of hydrogen-bond donors (Lipinski definition) is 2. The Hall–Kier alpha value is -3.02. The van der Waals surface area contributed by atoms with Gasteiger partial charge in [0, 0.05) is 30.4 Å². The van der Waals surface area contributed by atoms with Gasteiger partial charge in [0.15, 0.2) is 0 Å². The summed E-state index contributed by atoms with van der Waals surface area (Å²) in [6, 6.07) is 7.41. The van der Waals surface area contributed by atoms with E-state index in [4.69, 9.17) is 9.47 Å². The van der Waals surface area contributed by atoms with Gasteiger partial charge in [0.05, 0.1) is 30.6 Å². The minimum atomic E-state index is -1.24. The lowest BCUT2D eigenvalue weighted by atomic mass is 9.70. The summed E-state index contributed by atoms with van der Waals surface area (Å²) in [6.07, 6.45) is 5.31. The Kier molecular flexibility index (Phi) is 11.4. The van der Waals surface area contributed by atoms with Crippen LogP contribution in [0.2, 0.25) is 0 Å². The van der Waals surface area contributed by atoms with Crippen molar-refractivity contribution in [2.24, 2.45) is 11.8 Å². The van der Waals surface area contributed by atoms with Crippen molar-refractivity contribution in [3.8, 4) is 0 Å². The SMILES string of the molecule is C=CCCC(=O)OC[C@H](NC(=O)[C@@H]1[C@H]2O[C@@]3(CC2Br)[C@H](C(=O)N(CC=C)C(C)CCC)N(CCO)C(=O)[C@@H]13)c1ccccc1. The van der Waals surface area contributed by atoms with E-state index in [2.05, 4.69) is 34.4 Å². The van der Waals surface area contributed by atoms with Crippen LogP contribution >= 0.6 is 15.9 Å². The number of fused-ring (bicyclic) bond motifs is 1. The lowest BCUT2D eigenvalue weighted by molar-refractivity contribution is -0.150. The monoisotopic (exact) mass is 673 g/mol. The first-order valence-electron chi connectivity index (χ1n) is 15.4. The molecule has 2 N–H and O–H groups in total. The number of esters is 1. The number of alkyl halides is 1. The first kappa shape index (κ1) is 33.9. The van der Waals surface area contributed by atoms with E-state index < -0.39 is 47.5 Å². The predicted octanol–water partition coefficient (Wildman–Crippen LogP) is 3.30. The number of nitrogens with zero attached hydrogens (tertiary/aromatic N) is 2. The Morgan fingerprint density at radius 2 is 2.00 bits per heavy atom. The number of carbonyl (C=O) groups is 4. The zero-order valence-electron chi connectivity index (χ0n) is 25.5. The molecule has 4 rings (SSSR count). The fraction of sp³-hybridized carbons (Fsp3) is 0.576. The number of aliphatic hydroxyl groups is 1. The second-order valence-corrected chi connectivity index (χ2v) is 13.0. The second-order valence-electron chi connectivity index (χ2n) is 11.8. The summed E-state index contributed by atoms with van der Waals surface area (Å²) in [5, 5.41) is 13.0. The molecule has 2 unspecified atom stereocenters. The molecule has 44 heavy (non-hydrogen) atoms. The number of carbonyl (C=O) groups excluding carboxylic acids is 4. The molecule has 3 saturated heterocycles. The van der Waals surface area contributed by atoms with Crippen LogP contribution in [0.3, 0.4) is 0 Å². The molecule has 8 atom stereocenters. The molecular weight excluding hydrogens is 630 g/mol. The zero-order chi connectivity index (χ0) is 32.0. The molecule has 3 aliphatic heterocycles. The molecule has 1 aromatic carbocycles. The van der Waals surface area contributed by atoms with E-state index in [-0.39, 0.29) is 48.9 Å². The van der Waals surface area contributed by atoms with E-state index in [1.165, 1.54) is 4.90 Å². The largest absolute Gasteiger partial charge is 0.463 e. The van der Waals surface area contributed by atoms with Crippen molar-refractivity contribution in [1.82, 2.24) is 15.1 Å². The van der Waals surface area contributed by atoms with Gasteiger partial charge >= 0.3 is 5.97 Å². The van der Waals surface area contributed by atoms with Crippen LogP contribution in [0, 0.1) is 11.8 Å². The molecule has 1 spiro atoms. The average molecular weight is 675 g/mol. The Labute approximate surface area is 267 Å². The summed E-state index contributed by atoms with van der Waals surface area (Å²) in [5.74, 6) is -3.30. The van der Waals surface area contributed by atoms with E-state index >= 15 is 0 Å². The summed E-state index contributed by atoms with van der Waals surface area (Å²) < 4.78 is 12.1. The number of halogens is 1. The molecule has 3 aliphatic rings. The molecule has 1 aromatic rings. The van der Waals surface area contributed by atoms with Gasteiger partial charge in [-0.2, -0.15) is 0 Å². The van der Waals surface area contributed by atoms with Gasteiger partial charge in [-0.1, -0.05) is 71.8 Å². The third-order valence-electron chi connectivity index (χ3n) is 9.00. The minimum absolute atomic E-state index is 0.0554. The number of ether oxygens (including phenoxy) is 2. The number of hydrogen-bond acceptors (Lipinski definition) is 7. The van der Waals surface area contributed by atoms with Crippen LogP contribution < -0.4 is 5.32 Å². The fourth-order valence-corrected chi connectivity index (χ4v) is 8.00. The number of likely N-dealkylation sites (tertiary alicyclic amines) is 1. The van der Waals surface area contributed by atoms with E-state index in [1.807, 2.05) is 44.2 Å². The highest BCUT2D eigenvalue weighted by Gasteiger charge is 2.76. The lowest BCUT2D eigenvalue weighted by Crippen LogP contribution is -2.58. The highest BCUT2D eigenvalue weighted by atomic mass is 79.9. The van der Waals surface area contributed by atoms with E-state index in [0.717, 1.165) is 18.4 Å². The molecule has 10 nitrogen and oxygen atoms in total. The van der Waals surface area contributed by atoms with Gasteiger partial charge in [0.1, 0.15) is 18.2 Å². The number of rotatable bonds is 16. The number of amides is 3. The third-order valence-corrected chi connectivity index (χ3v) is 9.84. The zero-order valence-corrected chi connectivity index (χ0v) is 27.1. The van der Waals surface area contributed by atoms with Crippen molar-refractivity contribution in [1.29, 1.82) is 0 Å². The Balaban J connectivity index is 1.65. The Morgan fingerprint density at radius 3 is 2.64 bits per heavy atom. The number of β-amino-alcohol motifs (C(OH)–C–C–N with tert-alkyl or cyclic N) is 1. The Morgan fingerprint density at radius 1 is 1.27 bits per heavy atom. The van der Waals surface area contributed by atoms with Crippen LogP contribution in [0.1, 0.15) is 57.6 Å². The molecule has 0 saturated carbocycles. The number of allylic oxidation sites excluding steroid dienone is 1. The summed E-state index contributed by atoms with van der Waals surface area (Å²) in [6.45, 7) is 11.3. The maximum absolute atomic E-state index is 14.3. The molecule has 0 radical (unpaired) electrons. The minimum Gasteiger partial charge on any atom is -0.463 e. The van der Waals surface area contributed by atoms with Crippen molar-refractivity contribution in [3.63, 3.8) is 0 Å². The van der Waals surface area contributed by atoms with Crippen molar-refractivity contribution in [3.05, 3.63) is 61.2 Å². The van der Waals surface area contributed by atoms with Crippen LogP contribution in [0.5, 0.6) is 0 Å². The summed E-state index contributed by atoms with van der Waals surface area (Å²) in [4.78, 5) is 57.7. The average Bonchev–Trinajstić information content (AvgIpc) is 3.60. The molecule has 3 heterocycles. The fourth-order valence-electron chi connectivity index (χ4n) is 7.06. The molecule has 3 fully saturated rings. The van der Waals surface area contributed by atoms with Gasteiger partial charge in [-0.15, -0.1) is 13.2 Å². The quantitative estimate of drug-likeness (QED) is 0.157. The maximum Gasteiger partial charge on any atom is 0.306 e. The van der Waals surface area contributed by atoms with Crippen molar-refractivity contribution >= 4 is 39.6 Å². The van der Waals surface area contributed by atoms with E-state index in [0.29, 0.717) is 19.4 Å². The van der Waals surface area contributed by atoms with Crippen molar-refractivity contribution in [2.75, 3.05) is 26.3 Å². The highest BCUT2D eigenvalue weighted by Crippen LogP contribution is 2.60. The van der Waals surface area contributed by atoms with Gasteiger partial charge in [-0.05, 0) is 31.7 Å². The standard InChI is InChI=1S/C33H44BrN3O7/c1-5-8-15-25(39)43-20-24(22-13-10-9-11-14-22)35-30(40)26-27-31(41)37(17-18-38)29(33(27)19-23(34)28(26)44-33)32(42)36(16-7-3)21(4)12-6-2/h5,7,9-11,13-14,21,23-24,26-29,38H,1,3,6,8,12,15-20H2,2,4H3,(H,35,40)/t21?,23?,24-,26-,27+,28-,29-,33+/m0/s1. The number of aliphatic hydroxyl groups excluding tert-OH is 1. The van der Waals surface area contributed by atoms with E-state index in [1.54, 1.807) is 17.1 Å². The molecule has 2 bridgehead atoms. The lowest BCUT2D eigenvalue weighted by Gasteiger charge is -2.39. The van der Waals surface area contributed by atoms with Crippen molar-refractivity contribution in [2.45, 2.75) is 80.6 Å². The second kappa shape index (κ2) is 14.8. The first-order valence-corrected chi connectivity index (χ1v) is 16.3. The predicted molar refractivity (Wildman–Crippen MR) is 168 cm³/mol. The molecule has 11 heteroatoms. The van der Waals surface area contributed by atoms with Crippen LogP contribution in [0.25, 0.3) is 0 Å². The maximum atomic E-state index is 14.3. The van der Waals surface area contributed by atoms with Crippen LogP contribution in [0.15, 0.2) is 55.6 Å². The smallest absolute Gasteiger partial charge is 0.306 e. The third kappa shape index (κ3) is 6.50. The van der Waals surface area contributed by atoms with Crippen LogP contribution in [0.4, 0.5) is 0 Å². The Bertz CT molecular complexity index is 1230. The number of benzene rings is 1. The summed E-state index contributed by atoms with van der Waals surface area (Å²) >= 11 is 3.69. The molecule has 0 aromatic heterocycles. The van der Waals surface area contributed by atoms with Gasteiger partial charge in [-0.3, -0.25) is 19.2 Å². The molecule has 240 valence electrons. The molecule has 0 aliphatic carbocycles. The van der Waals surface area contributed by atoms with E-state index in [9.17, 15) is 24.3 Å². The summed E-state index contributed by atoms with van der Waals surface area (Å²) in [7, 11) is 0. The van der Waals surface area contributed by atoms with Gasteiger partial charge in [-0.25, -0.2) is 0 Å². The number of nitrogens with one attached hydrogen (secondary N) is 1. The first-order chi connectivity index (χ1) is 21.1. The topological polar surface area (TPSA) is 125 Å². The van der Waals surface area contributed by atoms with Crippen molar-refractivity contribution < 1.29 is 33.8 Å². The molecular formula is C33H44BrN3O7. The normalized spacial score (nSPS) is 28.2.